The largest absolute Gasteiger partial charge is 0.478 e. The lowest BCUT2D eigenvalue weighted by atomic mass is 10.2. The molecule has 0 aliphatic heterocycles. The number of aryl methyl sites for hydroxylation is 2. The van der Waals surface area contributed by atoms with Crippen molar-refractivity contribution in [2.75, 3.05) is 0 Å². The smallest absolute Gasteiger partial charge is 0.335 e. The van der Waals surface area contributed by atoms with Gasteiger partial charge in [-0.1, -0.05) is 18.2 Å². The zero-order chi connectivity index (χ0) is 16.8. The Morgan fingerprint density at radius 1 is 1.12 bits per heavy atom. The molecule has 24 heavy (non-hydrogen) atoms. The van der Waals surface area contributed by atoms with Gasteiger partial charge in [-0.05, 0) is 37.3 Å². The Morgan fingerprint density at radius 2 is 1.92 bits per heavy atom. The second-order valence-electron chi connectivity index (χ2n) is 5.84. The van der Waals surface area contributed by atoms with Crippen LogP contribution in [0.15, 0.2) is 48.5 Å². The van der Waals surface area contributed by atoms with E-state index in [1.54, 1.807) is 18.2 Å². The average Bonchev–Trinajstić information content (AvgIpc) is 3.12. The fourth-order valence-corrected chi connectivity index (χ4v) is 3.29. The summed E-state index contributed by atoms with van der Waals surface area (Å²) in [6.07, 6.45) is 0. The Kier molecular flexibility index (Phi) is 3.16. The van der Waals surface area contributed by atoms with E-state index in [1.807, 2.05) is 23.7 Å². The zero-order valence-electron chi connectivity index (χ0n) is 13.5. The maximum absolute atomic E-state index is 11.2. The van der Waals surface area contributed by atoms with Crippen LogP contribution in [0.25, 0.3) is 33.5 Å². The first kappa shape index (κ1) is 14.5. The minimum Gasteiger partial charge on any atom is -0.478 e. The molecule has 120 valence electrons. The summed E-state index contributed by atoms with van der Waals surface area (Å²) < 4.78 is 4.19. The molecule has 0 aliphatic carbocycles. The van der Waals surface area contributed by atoms with Crippen LogP contribution in [0.1, 0.15) is 17.3 Å². The summed E-state index contributed by atoms with van der Waals surface area (Å²) in [5, 5.41) is 10.4. The minimum atomic E-state index is -0.928. The molecule has 0 unspecified atom stereocenters. The van der Waals surface area contributed by atoms with Gasteiger partial charge in [0.2, 0.25) is 0 Å². The molecule has 0 spiro atoms. The molecule has 5 nitrogen and oxygen atoms in total. The van der Waals surface area contributed by atoms with E-state index >= 15 is 0 Å². The van der Waals surface area contributed by atoms with Crippen molar-refractivity contribution >= 4 is 27.9 Å². The number of aromatic carboxylic acids is 1. The van der Waals surface area contributed by atoms with Gasteiger partial charge in [0, 0.05) is 24.5 Å². The van der Waals surface area contributed by atoms with Crippen LogP contribution in [-0.4, -0.2) is 25.2 Å². The summed E-state index contributed by atoms with van der Waals surface area (Å²) in [5.41, 5.74) is 4.10. The number of carboxylic acids is 1. The van der Waals surface area contributed by atoms with E-state index < -0.39 is 5.97 Å². The Labute approximate surface area is 138 Å². The van der Waals surface area contributed by atoms with Gasteiger partial charge in [-0.2, -0.15) is 0 Å². The number of carbonyl (C=O) groups is 1. The van der Waals surface area contributed by atoms with Crippen molar-refractivity contribution in [2.45, 2.75) is 13.5 Å². The molecule has 2 aromatic carbocycles. The molecule has 0 fully saturated rings. The van der Waals surface area contributed by atoms with E-state index in [9.17, 15) is 9.90 Å². The van der Waals surface area contributed by atoms with Gasteiger partial charge in [-0.15, -0.1) is 0 Å². The van der Waals surface area contributed by atoms with Gasteiger partial charge in [0.25, 0.3) is 0 Å². The Bertz CT molecular complexity index is 1090. The second-order valence-corrected chi connectivity index (χ2v) is 5.84. The number of carboxylic acid groups (broad SMARTS) is 1. The highest BCUT2D eigenvalue weighted by Crippen LogP contribution is 2.30. The minimum absolute atomic E-state index is 0.271. The van der Waals surface area contributed by atoms with E-state index in [4.69, 9.17) is 4.98 Å². The Hall–Kier alpha value is -3.08. The molecule has 0 amide bonds. The second kappa shape index (κ2) is 5.23. The van der Waals surface area contributed by atoms with Gasteiger partial charge in [-0.3, -0.25) is 0 Å². The van der Waals surface area contributed by atoms with E-state index in [0.29, 0.717) is 0 Å². The summed E-state index contributed by atoms with van der Waals surface area (Å²) in [5.74, 6) is -0.0899. The normalized spacial score (nSPS) is 11.4. The molecule has 0 atom stereocenters. The Balaban J connectivity index is 2.00. The molecular weight excluding hydrogens is 302 g/mol. The first-order valence-electron chi connectivity index (χ1n) is 7.88. The van der Waals surface area contributed by atoms with Crippen LogP contribution >= 0.6 is 0 Å². The Morgan fingerprint density at radius 3 is 2.67 bits per heavy atom. The van der Waals surface area contributed by atoms with Gasteiger partial charge in [-0.25, -0.2) is 9.78 Å². The van der Waals surface area contributed by atoms with Crippen molar-refractivity contribution in [2.24, 2.45) is 7.05 Å². The molecule has 0 saturated carbocycles. The number of hydrogen-bond acceptors (Lipinski definition) is 2. The molecule has 4 rings (SSSR count). The molecular formula is C19H17N3O2. The summed E-state index contributed by atoms with van der Waals surface area (Å²) in [7, 11) is 1.92. The molecule has 4 aromatic rings. The summed E-state index contributed by atoms with van der Waals surface area (Å²) in [6, 6.07) is 15.4. The fourth-order valence-electron chi connectivity index (χ4n) is 3.29. The van der Waals surface area contributed by atoms with Crippen molar-refractivity contribution in [1.82, 2.24) is 14.1 Å². The summed E-state index contributed by atoms with van der Waals surface area (Å²) >= 11 is 0. The highest BCUT2D eigenvalue weighted by Gasteiger charge is 2.16. The zero-order valence-corrected chi connectivity index (χ0v) is 13.5. The topological polar surface area (TPSA) is 60.1 Å². The lowest BCUT2D eigenvalue weighted by molar-refractivity contribution is 0.0697. The fraction of sp³-hybridized carbons (Fsp3) is 0.158. The average molecular weight is 319 g/mol. The van der Waals surface area contributed by atoms with Crippen LogP contribution in [0.4, 0.5) is 0 Å². The van der Waals surface area contributed by atoms with Crippen LogP contribution in [0.3, 0.4) is 0 Å². The number of aromatic nitrogens is 3. The molecule has 0 saturated heterocycles. The SMILES string of the molecule is CCn1c(-c2nc3ccc(C(=O)O)cc3n2C)cc2ccccc21. The molecule has 2 heterocycles. The van der Waals surface area contributed by atoms with Gasteiger partial charge < -0.3 is 14.2 Å². The predicted octanol–water partition coefficient (Wildman–Crippen LogP) is 3.91. The van der Waals surface area contributed by atoms with Crippen LogP contribution < -0.4 is 0 Å². The van der Waals surface area contributed by atoms with Crippen molar-refractivity contribution < 1.29 is 9.90 Å². The molecule has 0 bridgehead atoms. The van der Waals surface area contributed by atoms with Crippen LogP contribution in [0.2, 0.25) is 0 Å². The third kappa shape index (κ3) is 2.01. The van der Waals surface area contributed by atoms with E-state index in [0.717, 1.165) is 29.1 Å². The predicted molar refractivity (Wildman–Crippen MR) is 94.3 cm³/mol. The lowest BCUT2D eigenvalue weighted by Crippen LogP contribution is -2.01. The van der Waals surface area contributed by atoms with Crippen molar-refractivity contribution in [3.8, 4) is 11.5 Å². The van der Waals surface area contributed by atoms with Crippen LogP contribution in [-0.2, 0) is 13.6 Å². The quantitative estimate of drug-likeness (QED) is 0.623. The van der Waals surface area contributed by atoms with Gasteiger partial charge in [0.05, 0.1) is 22.3 Å². The van der Waals surface area contributed by atoms with Gasteiger partial charge in [0.1, 0.15) is 0 Å². The van der Waals surface area contributed by atoms with Crippen LogP contribution in [0.5, 0.6) is 0 Å². The number of benzene rings is 2. The molecule has 2 aromatic heterocycles. The third-order valence-electron chi connectivity index (χ3n) is 4.48. The number of fused-ring (bicyclic) bond motifs is 2. The van der Waals surface area contributed by atoms with E-state index in [2.05, 4.69) is 29.7 Å². The number of para-hydroxylation sites is 1. The van der Waals surface area contributed by atoms with Crippen molar-refractivity contribution in [3.63, 3.8) is 0 Å². The molecule has 0 aliphatic rings. The number of imidazole rings is 1. The number of rotatable bonds is 3. The molecule has 0 radical (unpaired) electrons. The van der Waals surface area contributed by atoms with Gasteiger partial charge in [0.15, 0.2) is 5.82 Å². The van der Waals surface area contributed by atoms with Crippen molar-refractivity contribution in [1.29, 1.82) is 0 Å². The third-order valence-corrected chi connectivity index (χ3v) is 4.48. The molecule has 1 N–H and O–H groups in total. The number of hydrogen-bond donors (Lipinski definition) is 1. The maximum atomic E-state index is 11.2. The van der Waals surface area contributed by atoms with E-state index in [-0.39, 0.29) is 5.56 Å². The highest BCUT2D eigenvalue weighted by molar-refractivity contribution is 5.94. The number of nitrogens with zero attached hydrogens (tertiary/aromatic N) is 3. The first-order valence-corrected chi connectivity index (χ1v) is 7.88. The lowest BCUT2D eigenvalue weighted by Gasteiger charge is -2.08. The van der Waals surface area contributed by atoms with Gasteiger partial charge >= 0.3 is 5.97 Å². The molecule has 5 heteroatoms. The van der Waals surface area contributed by atoms with E-state index in [1.165, 1.54) is 10.9 Å². The first-order chi connectivity index (χ1) is 11.6. The standard InChI is InChI=1S/C19H17N3O2/c1-3-22-15-7-5-4-6-12(15)10-17(22)18-20-14-9-8-13(19(23)24)11-16(14)21(18)2/h4-11H,3H2,1-2H3,(H,23,24). The summed E-state index contributed by atoms with van der Waals surface area (Å²) in [6.45, 7) is 2.95. The van der Waals surface area contributed by atoms with Crippen LogP contribution in [0, 0.1) is 0 Å². The summed E-state index contributed by atoms with van der Waals surface area (Å²) in [4.78, 5) is 16.0. The highest BCUT2D eigenvalue weighted by atomic mass is 16.4. The van der Waals surface area contributed by atoms with Crippen molar-refractivity contribution in [3.05, 3.63) is 54.1 Å². The monoisotopic (exact) mass is 319 g/mol. The maximum Gasteiger partial charge on any atom is 0.335 e.